The van der Waals surface area contributed by atoms with Gasteiger partial charge < -0.3 is 15.4 Å². The number of nitrogens with two attached hydrogens (primary N) is 1. The van der Waals surface area contributed by atoms with Crippen LogP contribution in [0.4, 0.5) is 5.69 Å². The van der Waals surface area contributed by atoms with Crippen molar-refractivity contribution >= 4 is 11.6 Å². The quantitative estimate of drug-likeness (QED) is 0.819. The molecule has 2 N–H and O–H groups in total. The predicted octanol–water partition coefficient (Wildman–Crippen LogP) is 2.62. The summed E-state index contributed by atoms with van der Waals surface area (Å²) >= 11 is 0. The number of ether oxygens (including phenoxy) is 1. The van der Waals surface area contributed by atoms with E-state index in [4.69, 9.17) is 10.5 Å². The average Bonchev–Trinajstić information content (AvgIpc) is 2.52. The maximum atomic E-state index is 12.3. The minimum Gasteiger partial charge on any atom is -0.399 e. The van der Waals surface area contributed by atoms with E-state index in [9.17, 15) is 4.79 Å². The lowest BCUT2D eigenvalue weighted by molar-refractivity contribution is -0.135. The summed E-state index contributed by atoms with van der Waals surface area (Å²) in [7, 11) is 0. The van der Waals surface area contributed by atoms with Crippen LogP contribution in [-0.2, 0) is 16.0 Å². The van der Waals surface area contributed by atoms with Crippen LogP contribution in [0.3, 0.4) is 0 Å². The summed E-state index contributed by atoms with van der Waals surface area (Å²) in [5, 5.41) is 0. The number of para-hydroxylation sites is 1. The Labute approximate surface area is 127 Å². The van der Waals surface area contributed by atoms with E-state index in [0.717, 1.165) is 50.2 Å². The van der Waals surface area contributed by atoms with Crippen LogP contribution in [0, 0.1) is 0 Å². The van der Waals surface area contributed by atoms with E-state index in [0.29, 0.717) is 12.8 Å². The molecule has 1 atom stereocenters. The molecule has 4 heteroatoms. The van der Waals surface area contributed by atoms with Gasteiger partial charge in [-0.1, -0.05) is 25.1 Å². The minimum atomic E-state index is 0.211. The number of carbonyl (C=O) groups is 1. The first kappa shape index (κ1) is 15.8. The van der Waals surface area contributed by atoms with Crippen molar-refractivity contribution in [3.8, 4) is 0 Å². The van der Waals surface area contributed by atoms with Crippen molar-refractivity contribution in [1.82, 2.24) is 4.90 Å². The Bertz CT molecular complexity index is 462. The first-order valence-electron chi connectivity index (χ1n) is 7.93. The summed E-state index contributed by atoms with van der Waals surface area (Å²) in [6.45, 7) is 4.49. The normalized spacial score (nSPS) is 18.7. The second-order valence-corrected chi connectivity index (χ2v) is 5.67. The van der Waals surface area contributed by atoms with E-state index in [1.54, 1.807) is 0 Å². The van der Waals surface area contributed by atoms with Crippen LogP contribution in [0.5, 0.6) is 0 Å². The highest BCUT2D eigenvalue weighted by molar-refractivity contribution is 5.76. The average molecular weight is 290 g/mol. The van der Waals surface area contributed by atoms with Crippen LogP contribution >= 0.6 is 0 Å². The van der Waals surface area contributed by atoms with Crippen LogP contribution in [0.1, 0.15) is 38.2 Å². The van der Waals surface area contributed by atoms with E-state index >= 15 is 0 Å². The summed E-state index contributed by atoms with van der Waals surface area (Å²) in [5.41, 5.74) is 7.75. The molecule has 1 amide bonds. The molecule has 1 aliphatic rings. The number of aryl methyl sites for hydroxylation is 1. The van der Waals surface area contributed by atoms with Crippen LogP contribution in [0.15, 0.2) is 24.3 Å². The van der Waals surface area contributed by atoms with Crippen molar-refractivity contribution in [3.05, 3.63) is 29.8 Å². The molecule has 1 unspecified atom stereocenters. The molecule has 1 aliphatic heterocycles. The Morgan fingerprint density at radius 2 is 2.24 bits per heavy atom. The molecule has 1 aromatic rings. The fourth-order valence-electron chi connectivity index (χ4n) is 2.75. The predicted molar refractivity (Wildman–Crippen MR) is 85.0 cm³/mol. The van der Waals surface area contributed by atoms with Crippen LogP contribution < -0.4 is 5.73 Å². The number of piperidine rings is 1. The molecule has 1 aromatic carbocycles. The van der Waals surface area contributed by atoms with E-state index in [2.05, 4.69) is 6.92 Å². The molecular formula is C17H26N2O2. The van der Waals surface area contributed by atoms with Crippen molar-refractivity contribution < 1.29 is 9.53 Å². The third-order valence-electron chi connectivity index (χ3n) is 3.95. The highest BCUT2D eigenvalue weighted by Crippen LogP contribution is 2.17. The lowest BCUT2D eigenvalue weighted by Crippen LogP contribution is -2.43. The van der Waals surface area contributed by atoms with Crippen molar-refractivity contribution in [2.24, 2.45) is 0 Å². The highest BCUT2D eigenvalue weighted by atomic mass is 16.5. The first-order chi connectivity index (χ1) is 10.2. The van der Waals surface area contributed by atoms with Crippen molar-refractivity contribution in [2.45, 2.75) is 45.1 Å². The molecule has 21 heavy (non-hydrogen) atoms. The van der Waals surface area contributed by atoms with Crippen molar-refractivity contribution in [2.75, 3.05) is 25.4 Å². The third kappa shape index (κ3) is 4.74. The summed E-state index contributed by atoms with van der Waals surface area (Å²) in [4.78, 5) is 14.3. The van der Waals surface area contributed by atoms with Gasteiger partial charge >= 0.3 is 0 Å². The number of nitrogens with zero attached hydrogens (tertiary/aromatic N) is 1. The molecule has 0 aromatic heterocycles. The molecule has 1 fully saturated rings. The topological polar surface area (TPSA) is 55.6 Å². The summed E-state index contributed by atoms with van der Waals surface area (Å²) in [5.74, 6) is 0.211. The fourth-order valence-corrected chi connectivity index (χ4v) is 2.75. The SMILES string of the molecule is CCCOC1CCCN(C(=O)CCc2ccccc2N)C1. The number of nitrogen functional groups attached to an aromatic ring is 1. The van der Waals surface area contributed by atoms with Gasteiger partial charge in [-0.05, 0) is 37.3 Å². The smallest absolute Gasteiger partial charge is 0.222 e. The number of anilines is 1. The maximum absolute atomic E-state index is 12.3. The van der Waals surface area contributed by atoms with Gasteiger partial charge in [0.2, 0.25) is 5.91 Å². The van der Waals surface area contributed by atoms with E-state index in [1.165, 1.54) is 0 Å². The Morgan fingerprint density at radius 3 is 3.00 bits per heavy atom. The molecule has 0 aliphatic carbocycles. The summed E-state index contributed by atoms with van der Waals surface area (Å²) < 4.78 is 5.78. The molecule has 4 nitrogen and oxygen atoms in total. The number of benzene rings is 1. The van der Waals surface area contributed by atoms with Crippen LogP contribution in [-0.4, -0.2) is 36.6 Å². The standard InChI is InChI=1S/C17H26N2O2/c1-2-12-21-15-7-5-11-19(13-15)17(20)10-9-14-6-3-4-8-16(14)18/h3-4,6,8,15H,2,5,7,9-13,18H2,1H3. The zero-order valence-electron chi connectivity index (χ0n) is 12.9. The monoisotopic (exact) mass is 290 g/mol. The zero-order valence-corrected chi connectivity index (χ0v) is 12.9. The van der Waals surface area contributed by atoms with Gasteiger partial charge in [-0.3, -0.25) is 4.79 Å². The fraction of sp³-hybridized carbons (Fsp3) is 0.588. The maximum Gasteiger partial charge on any atom is 0.222 e. The number of rotatable bonds is 6. The van der Waals surface area contributed by atoms with Crippen molar-refractivity contribution in [1.29, 1.82) is 0 Å². The Morgan fingerprint density at radius 1 is 1.43 bits per heavy atom. The van der Waals surface area contributed by atoms with Gasteiger partial charge in [-0.15, -0.1) is 0 Å². The molecule has 0 radical (unpaired) electrons. The first-order valence-corrected chi connectivity index (χ1v) is 7.93. The number of carbonyl (C=O) groups excluding carboxylic acids is 1. The summed E-state index contributed by atoms with van der Waals surface area (Å²) in [6.07, 6.45) is 4.57. The number of hydrogen-bond donors (Lipinski definition) is 1. The van der Waals surface area contributed by atoms with Gasteiger partial charge in [0.05, 0.1) is 6.10 Å². The van der Waals surface area contributed by atoms with E-state index < -0.39 is 0 Å². The second-order valence-electron chi connectivity index (χ2n) is 5.67. The number of hydrogen-bond acceptors (Lipinski definition) is 3. The highest BCUT2D eigenvalue weighted by Gasteiger charge is 2.23. The number of amides is 1. The lowest BCUT2D eigenvalue weighted by atomic mass is 10.0. The Kier molecular flexibility index (Phi) is 6.05. The van der Waals surface area contributed by atoms with E-state index in [1.807, 2.05) is 29.2 Å². The molecule has 0 bridgehead atoms. The van der Waals surface area contributed by atoms with Crippen molar-refractivity contribution in [3.63, 3.8) is 0 Å². The molecule has 2 rings (SSSR count). The van der Waals surface area contributed by atoms with Crippen LogP contribution in [0.2, 0.25) is 0 Å². The lowest BCUT2D eigenvalue weighted by Gasteiger charge is -2.32. The minimum absolute atomic E-state index is 0.211. The molecule has 1 saturated heterocycles. The van der Waals surface area contributed by atoms with Gasteiger partial charge in [0, 0.05) is 31.8 Å². The van der Waals surface area contributed by atoms with Gasteiger partial charge in [0.1, 0.15) is 0 Å². The summed E-state index contributed by atoms with van der Waals surface area (Å²) in [6, 6.07) is 7.76. The van der Waals surface area contributed by atoms with Gasteiger partial charge in [0.25, 0.3) is 0 Å². The van der Waals surface area contributed by atoms with Gasteiger partial charge in [-0.25, -0.2) is 0 Å². The Balaban J connectivity index is 1.81. The zero-order chi connectivity index (χ0) is 15.1. The van der Waals surface area contributed by atoms with E-state index in [-0.39, 0.29) is 12.0 Å². The largest absolute Gasteiger partial charge is 0.399 e. The van der Waals surface area contributed by atoms with Crippen LogP contribution in [0.25, 0.3) is 0 Å². The molecule has 1 heterocycles. The molecule has 0 spiro atoms. The molecule has 0 saturated carbocycles. The number of likely N-dealkylation sites (tertiary alicyclic amines) is 1. The molecular weight excluding hydrogens is 264 g/mol. The second kappa shape index (κ2) is 8.03. The Hall–Kier alpha value is -1.55. The third-order valence-corrected chi connectivity index (χ3v) is 3.95. The van der Waals surface area contributed by atoms with Gasteiger partial charge in [0.15, 0.2) is 0 Å². The molecule has 116 valence electrons. The van der Waals surface area contributed by atoms with Gasteiger partial charge in [-0.2, -0.15) is 0 Å².